The summed E-state index contributed by atoms with van der Waals surface area (Å²) < 4.78 is 12.9. The van der Waals surface area contributed by atoms with E-state index in [0.717, 1.165) is 5.56 Å². The summed E-state index contributed by atoms with van der Waals surface area (Å²) >= 11 is 1.35. The highest BCUT2D eigenvalue weighted by Gasteiger charge is 2.16. The van der Waals surface area contributed by atoms with E-state index in [1.54, 1.807) is 24.1 Å². The molecule has 0 bridgehead atoms. The van der Waals surface area contributed by atoms with Gasteiger partial charge in [-0.1, -0.05) is 24.0 Å². The molecule has 0 unspecified atom stereocenters. The number of benzene rings is 1. The Balaban J connectivity index is 2.12. The molecule has 0 saturated heterocycles. The van der Waals surface area contributed by atoms with Crippen LogP contribution in [0, 0.1) is 17.7 Å². The van der Waals surface area contributed by atoms with E-state index >= 15 is 0 Å². The molecule has 0 radical (unpaired) electrons. The molecule has 21 heavy (non-hydrogen) atoms. The summed E-state index contributed by atoms with van der Waals surface area (Å²) in [6.45, 7) is 0.676. The Morgan fingerprint density at radius 3 is 2.71 bits per heavy atom. The maximum absolute atomic E-state index is 12.9. The molecule has 2 N–H and O–H groups in total. The van der Waals surface area contributed by atoms with Crippen molar-refractivity contribution in [2.45, 2.75) is 6.54 Å². The Morgan fingerprint density at radius 2 is 2.05 bits per heavy atom. The fraction of sp³-hybridized carbons (Fsp3) is 0.188. The Hall–Kier alpha value is -2.16. The number of carbonyl (C=O) groups is 1. The van der Waals surface area contributed by atoms with Gasteiger partial charge in [0, 0.05) is 19.2 Å². The lowest BCUT2D eigenvalue weighted by molar-refractivity contribution is 0.0789. The largest absolute Gasteiger partial charge is 0.337 e. The molecule has 108 valence electrons. The van der Waals surface area contributed by atoms with E-state index in [0.29, 0.717) is 17.0 Å². The van der Waals surface area contributed by atoms with E-state index in [1.807, 2.05) is 11.4 Å². The first-order valence-corrected chi connectivity index (χ1v) is 7.26. The van der Waals surface area contributed by atoms with E-state index < -0.39 is 0 Å². The molecule has 1 aromatic carbocycles. The van der Waals surface area contributed by atoms with E-state index in [9.17, 15) is 9.18 Å². The molecule has 0 aliphatic rings. The molecule has 1 amide bonds. The van der Waals surface area contributed by atoms with Crippen molar-refractivity contribution in [1.82, 2.24) is 4.90 Å². The minimum absolute atomic E-state index is 0.101. The second-order valence-electron chi connectivity index (χ2n) is 4.46. The first-order chi connectivity index (χ1) is 10.1. The van der Waals surface area contributed by atoms with Crippen LogP contribution >= 0.6 is 11.3 Å². The molecule has 0 atom stereocenters. The average Bonchev–Trinajstić information content (AvgIpc) is 2.95. The summed E-state index contributed by atoms with van der Waals surface area (Å²) in [6, 6.07) is 7.92. The van der Waals surface area contributed by atoms with Gasteiger partial charge in [0.25, 0.3) is 5.91 Å². The highest BCUT2D eigenvalue weighted by Crippen LogP contribution is 2.19. The van der Waals surface area contributed by atoms with Crippen LogP contribution in [0.25, 0.3) is 0 Å². The summed E-state index contributed by atoms with van der Waals surface area (Å²) in [4.78, 5) is 14.6. The predicted octanol–water partition coefficient (Wildman–Crippen LogP) is 2.47. The number of thiophene rings is 1. The van der Waals surface area contributed by atoms with Crippen LogP contribution in [-0.2, 0) is 6.54 Å². The lowest BCUT2D eigenvalue weighted by Gasteiger charge is -2.16. The van der Waals surface area contributed by atoms with Gasteiger partial charge in [0.1, 0.15) is 10.7 Å². The summed E-state index contributed by atoms with van der Waals surface area (Å²) in [5, 5.41) is 1.83. The molecule has 0 aliphatic carbocycles. The minimum Gasteiger partial charge on any atom is -0.337 e. The predicted molar refractivity (Wildman–Crippen MR) is 82.4 cm³/mol. The van der Waals surface area contributed by atoms with Crippen LogP contribution in [-0.4, -0.2) is 24.4 Å². The molecule has 1 heterocycles. The summed E-state index contributed by atoms with van der Waals surface area (Å²) in [5.74, 6) is 5.26. The number of amides is 1. The number of nitrogens with two attached hydrogens (primary N) is 1. The van der Waals surface area contributed by atoms with E-state index in [-0.39, 0.29) is 18.3 Å². The molecule has 0 saturated carbocycles. The standard InChI is InChI=1S/C16H15FN2OS/c1-19(11-12-4-6-14(17)7-5-12)16(20)15-13(3-2-9-18)8-10-21-15/h4-8,10H,9,11,18H2,1H3. The average molecular weight is 302 g/mol. The molecular formula is C16H15FN2OS. The highest BCUT2D eigenvalue weighted by atomic mass is 32.1. The second kappa shape index (κ2) is 7.02. The van der Waals surface area contributed by atoms with Gasteiger partial charge >= 0.3 is 0 Å². The van der Waals surface area contributed by atoms with E-state index in [4.69, 9.17) is 5.73 Å². The molecule has 0 aliphatic heterocycles. The van der Waals surface area contributed by atoms with Gasteiger partial charge in [0.05, 0.1) is 6.54 Å². The van der Waals surface area contributed by atoms with Gasteiger partial charge in [-0.05, 0) is 29.1 Å². The number of nitrogens with zero attached hydrogens (tertiary/aromatic N) is 1. The maximum Gasteiger partial charge on any atom is 0.265 e. The molecule has 2 rings (SSSR count). The van der Waals surface area contributed by atoms with Crippen molar-refractivity contribution in [3.63, 3.8) is 0 Å². The van der Waals surface area contributed by atoms with E-state index in [2.05, 4.69) is 11.8 Å². The molecule has 2 aromatic rings. The first-order valence-electron chi connectivity index (χ1n) is 6.38. The normalized spacial score (nSPS) is 9.86. The summed E-state index contributed by atoms with van der Waals surface area (Å²) in [7, 11) is 1.71. The third-order valence-electron chi connectivity index (χ3n) is 2.86. The summed E-state index contributed by atoms with van der Waals surface area (Å²) in [5.41, 5.74) is 6.92. The lowest BCUT2D eigenvalue weighted by atomic mass is 10.2. The van der Waals surface area contributed by atoms with Gasteiger partial charge in [-0.15, -0.1) is 11.3 Å². The van der Waals surface area contributed by atoms with Crippen molar-refractivity contribution in [1.29, 1.82) is 0 Å². The van der Waals surface area contributed by atoms with Gasteiger partial charge in [-0.3, -0.25) is 4.79 Å². The second-order valence-corrected chi connectivity index (χ2v) is 5.37. The van der Waals surface area contributed by atoms with Crippen LogP contribution in [0.4, 0.5) is 4.39 Å². The molecule has 0 fully saturated rings. The fourth-order valence-corrected chi connectivity index (χ4v) is 2.67. The number of halogens is 1. The van der Waals surface area contributed by atoms with Crippen molar-refractivity contribution in [2.24, 2.45) is 5.73 Å². The van der Waals surface area contributed by atoms with Crippen LogP contribution in [0.1, 0.15) is 20.8 Å². The van der Waals surface area contributed by atoms with E-state index in [1.165, 1.54) is 23.5 Å². The van der Waals surface area contributed by atoms with Crippen molar-refractivity contribution in [3.8, 4) is 11.8 Å². The number of hydrogen-bond acceptors (Lipinski definition) is 3. The highest BCUT2D eigenvalue weighted by molar-refractivity contribution is 7.12. The Bertz CT molecular complexity index is 682. The minimum atomic E-state index is -0.287. The van der Waals surface area contributed by atoms with Crippen LogP contribution in [0.2, 0.25) is 0 Å². The monoisotopic (exact) mass is 302 g/mol. The first kappa shape index (κ1) is 15.2. The van der Waals surface area contributed by atoms with Gasteiger partial charge in [0.15, 0.2) is 0 Å². The van der Waals surface area contributed by atoms with Crippen LogP contribution in [0.5, 0.6) is 0 Å². The van der Waals surface area contributed by atoms with Crippen molar-refractivity contribution in [2.75, 3.05) is 13.6 Å². The zero-order valence-electron chi connectivity index (χ0n) is 11.6. The number of rotatable bonds is 3. The SMILES string of the molecule is CN(Cc1ccc(F)cc1)C(=O)c1sccc1C#CCN. The van der Waals surface area contributed by atoms with Crippen molar-refractivity contribution in [3.05, 3.63) is 57.5 Å². The summed E-state index contributed by atoms with van der Waals surface area (Å²) in [6.07, 6.45) is 0. The quantitative estimate of drug-likeness (QED) is 0.885. The van der Waals surface area contributed by atoms with Gasteiger partial charge in [-0.2, -0.15) is 0 Å². The van der Waals surface area contributed by atoms with Crippen LogP contribution < -0.4 is 5.73 Å². The maximum atomic E-state index is 12.9. The van der Waals surface area contributed by atoms with Gasteiger partial charge in [-0.25, -0.2) is 4.39 Å². The zero-order chi connectivity index (χ0) is 15.2. The third kappa shape index (κ3) is 3.91. The van der Waals surface area contributed by atoms with Crippen molar-refractivity contribution >= 4 is 17.2 Å². The molecule has 1 aromatic heterocycles. The molecule has 0 spiro atoms. The smallest absolute Gasteiger partial charge is 0.265 e. The Labute approximate surface area is 127 Å². The number of hydrogen-bond donors (Lipinski definition) is 1. The fourth-order valence-electron chi connectivity index (χ4n) is 1.83. The van der Waals surface area contributed by atoms with Gasteiger partial charge in [0.2, 0.25) is 0 Å². The zero-order valence-corrected chi connectivity index (χ0v) is 12.4. The third-order valence-corrected chi connectivity index (χ3v) is 3.77. The lowest BCUT2D eigenvalue weighted by Crippen LogP contribution is -2.26. The van der Waals surface area contributed by atoms with Crippen molar-refractivity contribution < 1.29 is 9.18 Å². The van der Waals surface area contributed by atoms with Crippen LogP contribution in [0.15, 0.2) is 35.7 Å². The Morgan fingerprint density at radius 1 is 1.33 bits per heavy atom. The Kier molecular flexibility index (Phi) is 5.09. The van der Waals surface area contributed by atoms with Gasteiger partial charge < -0.3 is 10.6 Å². The molecule has 3 nitrogen and oxygen atoms in total. The number of carbonyl (C=O) groups excluding carboxylic acids is 1. The van der Waals surface area contributed by atoms with Crippen LogP contribution in [0.3, 0.4) is 0 Å². The molecule has 5 heteroatoms. The topological polar surface area (TPSA) is 46.3 Å². The molecular weight excluding hydrogens is 287 g/mol.